The maximum absolute atomic E-state index is 12.3. The van der Waals surface area contributed by atoms with Gasteiger partial charge in [0.1, 0.15) is 11.5 Å². The van der Waals surface area contributed by atoms with Crippen LogP contribution >= 0.6 is 0 Å². The Balaban J connectivity index is 2.01. The fraction of sp³-hybridized carbons (Fsp3) is 0.350. The molecule has 0 aliphatic rings. The zero-order valence-electron chi connectivity index (χ0n) is 16.6. The van der Waals surface area contributed by atoms with Crippen molar-refractivity contribution < 1.29 is 22.7 Å². The first-order valence-corrected chi connectivity index (χ1v) is 10.7. The largest absolute Gasteiger partial charge is 0.497 e. The SMILES string of the molecule is COc1ccc(NC(=O)CCCN(c2ccccc2C)S(C)(=O)=O)c(OC)c1. The van der Waals surface area contributed by atoms with Crippen molar-refractivity contribution in [2.45, 2.75) is 19.8 Å². The van der Waals surface area contributed by atoms with E-state index in [1.165, 1.54) is 17.7 Å². The molecule has 0 saturated carbocycles. The van der Waals surface area contributed by atoms with E-state index < -0.39 is 10.0 Å². The highest BCUT2D eigenvalue weighted by Gasteiger charge is 2.19. The Morgan fingerprint density at radius 2 is 1.82 bits per heavy atom. The molecule has 0 bridgehead atoms. The second-order valence-electron chi connectivity index (χ2n) is 6.34. The number of sulfonamides is 1. The van der Waals surface area contributed by atoms with Crippen LogP contribution in [0, 0.1) is 6.92 Å². The Labute approximate surface area is 166 Å². The first-order chi connectivity index (χ1) is 13.3. The number of methoxy groups -OCH3 is 2. The summed E-state index contributed by atoms with van der Waals surface area (Å²) in [5.41, 5.74) is 2.02. The van der Waals surface area contributed by atoms with Crippen LogP contribution in [0.25, 0.3) is 0 Å². The highest BCUT2D eigenvalue weighted by atomic mass is 32.2. The van der Waals surface area contributed by atoms with Crippen molar-refractivity contribution in [1.29, 1.82) is 0 Å². The molecule has 152 valence electrons. The lowest BCUT2D eigenvalue weighted by Crippen LogP contribution is -2.32. The average Bonchev–Trinajstić information content (AvgIpc) is 2.65. The molecule has 28 heavy (non-hydrogen) atoms. The maximum Gasteiger partial charge on any atom is 0.232 e. The van der Waals surface area contributed by atoms with Gasteiger partial charge in [0.2, 0.25) is 15.9 Å². The number of aryl methyl sites for hydroxylation is 1. The Bertz CT molecular complexity index is 928. The summed E-state index contributed by atoms with van der Waals surface area (Å²) in [4.78, 5) is 12.3. The summed E-state index contributed by atoms with van der Waals surface area (Å²) in [6, 6.07) is 12.4. The van der Waals surface area contributed by atoms with Gasteiger partial charge < -0.3 is 14.8 Å². The van der Waals surface area contributed by atoms with Crippen LogP contribution in [0.2, 0.25) is 0 Å². The Morgan fingerprint density at radius 1 is 1.11 bits per heavy atom. The van der Waals surface area contributed by atoms with Gasteiger partial charge in [-0.1, -0.05) is 18.2 Å². The quantitative estimate of drug-likeness (QED) is 0.691. The summed E-state index contributed by atoms with van der Waals surface area (Å²) in [6.45, 7) is 2.08. The Morgan fingerprint density at radius 3 is 2.43 bits per heavy atom. The van der Waals surface area contributed by atoms with Crippen molar-refractivity contribution in [3.8, 4) is 11.5 Å². The number of nitrogens with zero attached hydrogens (tertiary/aromatic N) is 1. The summed E-state index contributed by atoms with van der Waals surface area (Å²) in [5, 5.41) is 2.79. The van der Waals surface area contributed by atoms with Crippen LogP contribution in [0.3, 0.4) is 0 Å². The van der Waals surface area contributed by atoms with E-state index in [-0.39, 0.29) is 18.9 Å². The molecular formula is C20H26N2O5S. The molecule has 2 rings (SSSR count). The van der Waals surface area contributed by atoms with Crippen molar-refractivity contribution in [3.05, 3.63) is 48.0 Å². The molecule has 0 atom stereocenters. The minimum absolute atomic E-state index is 0.174. The first kappa shape index (κ1) is 21.6. The Kier molecular flexibility index (Phi) is 7.28. The number of rotatable bonds is 9. The second kappa shape index (κ2) is 9.45. The van der Waals surface area contributed by atoms with Gasteiger partial charge in [0, 0.05) is 19.0 Å². The maximum atomic E-state index is 12.3. The molecule has 1 N–H and O–H groups in total. The summed E-state index contributed by atoms with van der Waals surface area (Å²) in [5.74, 6) is 0.893. The molecule has 0 saturated heterocycles. The lowest BCUT2D eigenvalue weighted by Gasteiger charge is -2.24. The van der Waals surface area contributed by atoms with Crippen molar-refractivity contribution in [3.63, 3.8) is 0 Å². The molecule has 0 spiro atoms. The van der Waals surface area contributed by atoms with Crippen LogP contribution in [0.4, 0.5) is 11.4 Å². The van der Waals surface area contributed by atoms with Crippen molar-refractivity contribution in [1.82, 2.24) is 0 Å². The van der Waals surface area contributed by atoms with Crippen molar-refractivity contribution in [2.24, 2.45) is 0 Å². The van der Waals surface area contributed by atoms with Gasteiger partial charge in [-0.3, -0.25) is 9.10 Å². The van der Waals surface area contributed by atoms with E-state index in [1.54, 1.807) is 37.4 Å². The molecule has 1 amide bonds. The monoisotopic (exact) mass is 406 g/mol. The van der Waals surface area contributed by atoms with Gasteiger partial charge in [-0.25, -0.2) is 8.42 Å². The number of carbonyl (C=O) groups is 1. The fourth-order valence-corrected chi connectivity index (χ4v) is 3.83. The third-order valence-corrected chi connectivity index (χ3v) is 5.41. The van der Waals surface area contributed by atoms with Gasteiger partial charge >= 0.3 is 0 Å². The molecule has 7 nitrogen and oxygen atoms in total. The molecule has 0 fully saturated rings. The predicted molar refractivity (Wildman–Crippen MR) is 111 cm³/mol. The molecular weight excluding hydrogens is 380 g/mol. The number of amides is 1. The molecule has 0 unspecified atom stereocenters. The van der Waals surface area contributed by atoms with E-state index in [4.69, 9.17) is 9.47 Å². The van der Waals surface area contributed by atoms with E-state index in [0.717, 1.165) is 5.56 Å². The molecule has 0 aliphatic carbocycles. The van der Waals surface area contributed by atoms with Crippen LogP contribution < -0.4 is 19.1 Å². The number of carbonyl (C=O) groups excluding carboxylic acids is 1. The molecule has 2 aromatic carbocycles. The van der Waals surface area contributed by atoms with Crippen molar-refractivity contribution in [2.75, 3.05) is 36.6 Å². The van der Waals surface area contributed by atoms with E-state index in [1.807, 2.05) is 19.1 Å². The highest BCUT2D eigenvalue weighted by Crippen LogP contribution is 2.29. The molecule has 0 heterocycles. The normalized spacial score (nSPS) is 11.0. The summed E-state index contributed by atoms with van der Waals surface area (Å²) in [6.07, 6.45) is 1.72. The van der Waals surface area contributed by atoms with Gasteiger partial charge in [0.05, 0.1) is 31.9 Å². The lowest BCUT2D eigenvalue weighted by atomic mass is 10.2. The standard InChI is InChI=1S/C20H26N2O5S/c1-15-8-5-6-9-18(15)22(28(4,24)25)13-7-10-20(23)21-17-12-11-16(26-2)14-19(17)27-3/h5-6,8-9,11-12,14H,7,10,13H2,1-4H3,(H,21,23). The number of nitrogens with one attached hydrogen (secondary N) is 1. The summed E-state index contributed by atoms with van der Waals surface area (Å²) >= 11 is 0. The molecule has 0 radical (unpaired) electrons. The molecule has 0 aromatic heterocycles. The van der Waals surface area contributed by atoms with E-state index in [0.29, 0.717) is 29.3 Å². The van der Waals surface area contributed by atoms with Crippen LogP contribution in [0.15, 0.2) is 42.5 Å². The smallest absolute Gasteiger partial charge is 0.232 e. The number of benzene rings is 2. The third-order valence-electron chi connectivity index (χ3n) is 4.23. The molecule has 0 aliphatic heterocycles. The zero-order chi connectivity index (χ0) is 20.7. The van der Waals surface area contributed by atoms with Gasteiger partial charge in [0.15, 0.2) is 0 Å². The van der Waals surface area contributed by atoms with Gasteiger partial charge in [-0.15, -0.1) is 0 Å². The molecule has 2 aromatic rings. The van der Waals surface area contributed by atoms with Crippen LogP contribution in [0.5, 0.6) is 11.5 Å². The number of para-hydroxylation sites is 1. The lowest BCUT2D eigenvalue weighted by molar-refractivity contribution is -0.116. The van der Waals surface area contributed by atoms with Gasteiger partial charge in [0.25, 0.3) is 0 Å². The third kappa shape index (κ3) is 5.63. The van der Waals surface area contributed by atoms with E-state index in [9.17, 15) is 13.2 Å². The van der Waals surface area contributed by atoms with Crippen LogP contribution in [-0.2, 0) is 14.8 Å². The van der Waals surface area contributed by atoms with E-state index in [2.05, 4.69) is 5.32 Å². The van der Waals surface area contributed by atoms with Crippen LogP contribution in [-0.4, -0.2) is 41.3 Å². The van der Waals surface area contributed by atoms with E-state index >= 15 is 0 Å². The number of hydrogen-bond acceptors (Lipinski definition) is 5. The topological polar surface area (TPSA) is 84.9 Å². The summed E-state index contributed by atoms with van der Waals surface area (Å²) < 4.78 is 36.1. The zero-order valence-corrected chi connectivity index (χ0v) is 17.4. The highest BCUT2D eigenvalue weighted by molar-refractivity contribution is 7.92. The van der Waals surface area contributed by atoms with Gasteiger partial charge in [-0.05, 0) is 37.1 Å². The minimum atomic E-state index is -3.45. The Hall–Kier alpha value is -2.74. The van der Waals surface area contributed by atoms with Crippen LogP contribution in [0.1, 0.15) is 18.4 Å². The number of anilines is 2. The van der Waals surface area contributed by atoms with Gasteiger partial charge in [-0.2, -0.15) is 0 Å². The number of hydrogen-bond donors (Lipinski definition) is 1. The average molecular weight is 407 g/mol. The fourth-order valence-electron chi connectivity index (χ4n) is 2.81. The summed E-state index contributed by atoms with van der Waals surface area (Å²) in [7, 11) is -0.387. The van der Waals surface area contributed by atoms with Crippen molar-refractivity contribution >= 4 is 27.3 Å². The number of ether oxygens (including phenoxy) is 2. The first-order valence-electron chi connectivity index (χ1n) is 8.81. The molecule has 8 heteroatoms. The predicted octanol–water partition coefficient (Wildman–Crippen LogP) is 3.20. The minimum Gasteiger partial charge on any atom is -0.497 e. The second-order valence-corrected chi connectivity index (χ2v) is 8.25.